The van der Waals surface area contributed by atoms with Crippen LogP contribution in [0.15, 0.2) is 4.47 Å². The van der Waals surface area contributed by atoms with Gasteiger partial charge in [0.05, 0.1) is 22.4 Å². The van der Waals surface area contributed by atoms with Crippen LogP contribution in [-0.4, -0.2) is 39.7 Å². The van der Waals surface area contributed by atoms with Gasteiger partial charge >= 0.3 is 0 Å². The van der Waals surface area contributed by atoms with E-state index in [2.05, 4.69) is 31.2 Å². The molecule has 6 heteroatoms. The number of piperidine rings is 2. The van der Waals surface area contributed by atoms with Gasteiger partial charge < -0.3 is 10.2 Å². The Labute approximate surface area is 127 Å². The van der Waals surface area contributed by atoms with Gasteiger partial charge in [-0.15, -0.1) is 0 Å². The Kier molecular flexibility index (Phi) is 3.86. The second-order valence-electron chi connectivity index (χ2n) is 5.85. The zero-order valence-corrected chi connectivity index (χ0v) is 13.6. The molecule has 3 heterocycles. The van der Waals surface area contributed by atoms with Crippen molar-refractivity contribution in [3.8, 4) is 0 Å². The number of hydrogen-bond donors (Lipinski definition) is 1. The number of aromatic nitrogens is 2. The molecule has 20 heavy (non-hydrogen) atoms. The number of halogens is 1. The van der Waals surface area contributed by atoms with E-state index in [1.54, 1.807) is 0 Å². The second kappa shape index (κ2) is 5.48. The first-order valence-corrected chi connectivity index (χ1v) is 8.05. The van der Waals surface area contributed by atoms with Crippen LogP contribution in [0, 0.1) is 12.8 Å². The Morgan fingerprint density at radius 1 is 1.45 bits per heavy atom. The zero-order chi connectivity index (χ0) is 14.3. The molecule has 2 atom stereocenters. The van der Waals surface area contributed by atoms with Crippen LogP contribution in [0.5, 0.6) is 0 Å². The van der Waals surface area contributed by atoms with Gasteiger partial charge in [-0.3, -0.25) is 9.48 Å². The number of aryl methyl sites for hydroxylation is 2. The summed E-state index contributed by atoms with van der Waals surface area (Å²) in [5, 5.41) is 7.87. The Bertz CT molecular complexity index is 527. The fraction of sp³-hybridized carbons (Fsp3) is 0.714. The fourth-order valence-corrected chi connectivity index (χ4v) is 3.93. The molecule has 2 fully saturated rings. The number of likely N-dealkylation sites (tertiary alicyclic amines) is 1. The predicted octanol–water partition coefficient (Wildman–Crippen LogP) is 1.59. The van der Waals surface area contributed by atoms with E-state index in [0.717, 1.165) is 41.8 Å². The molecule has 5 nitrogen and oxygen atoms in total. The Hall–Kier alpha value is -0.880. The second-order valence-corrected chi connectivity index (χ2v) is 6.64. The van der Waals surface area contributed by atoms with Crippen LogP contribution < -0.4 is 5.32 Å². The minimum absolute atomic E-state index is 0.291. The summed E-state index contributed by atoms with van der Waals surface area (Å²) in [5.41, 5.74) is 2.07. The van der Waals surface area contributed by atoms with E-state index >= 15 is 0 Å². The van der Waals surface area contributed by atoms with Crippen molar-refractivity contribution in [3.05, 3.63) is 15.9 Å². The highest BCUT2D eigenvalue weighted by molar-refractivity contribution is 9.10. The summed E-state index contributed by atoms with van der Waals surface area (Å²) in [4.78, 5) is 14.4. The molecule has 0 aromatic carbocycles. The number of carbonyl (C=O) groups is 1. The molecule has 0 spiro atoms. The number of fused-ring (bicyclic) bond motifs is 1. The summed E-state index contributed by atoms with van der Waals surface area (Å²) >= 11 is 3.60. The van der Waals surface area contributed by atoms with E-state index < -0.39 is 0 Å². The Morgan fingerprint density at radius 3 is 2.95 bits per heavy atom. The molecule has 110 valence electrons. The summed E-state index contributed by atoms with van der Waals surface area (Å²) in [6.45, 7) is 4.70. The topological polar surface area (TPSA) is 50.2 Å². The first-order valence-electron chi connectivity index (χ1n) is 7.26. The lowest BCUT2D eigenvalue weighted by Gasteiger charge is -2.44. The van der Waals surface area contributed by atoms with Gasteiger partial charge in [-0.05, 0) is 54.7 Å². The number of hydrogen-bond acceptors (Lipinski definition) is 3. The summed E-state index contributed by atoms with van der Waals surface area (Å²) in [7, 11) is 1.95. The quantitative estimate of drug-likeness (QED) is 0.889. The van der Waals surface area contributed by atoms with E-state index in [9.17, 15) is 4.79 Å². The number of nitrogens with zero attached hydrogens (tertiary/aromatic N) is 3. The normalized spacial score (nSPS) is 26.8. The molecule has 1 aromatic heterocycles. The van der Waals surface area contributed by atoms with Crippen LogP contribution >= 0.6 is 15.9 Å². The van der Waals surface area contributed by atoms with E-state index in [1.807, 2.05) is 18.7 Å². The van der Waals surface area contributed by atoms with Crippen molar-refractivity contribution in [2.24, 2.45) is 13.0 Å². The molecular formula is C14H21BrN4O. The lowest BCUT2D eigenvalue weighted by molar-refractivity contribution is -0.140. The molecule has 0 aliphatic carbocycles. The fourth-order valence-electron chi connectivity index (χ4n) is 3.47. The predicted molar refractivity (Wildman–Crippen MR) is 80.2 cm³/mol. The molecule has 0 radical (unpaired) electrons. The summed E-state index contributed by atoms with van der Waals surface area (Å²) < 4.78 is 2.92. The third-order valence-electron chi connectivity index (χ3n) is 4.60. The number of rotatable bonds is 2. The molecule has 1 N–H and O–H groups in total. The largest absolute Gasteiger partial charge is 0.333 e. The van der Waals surface area contributed by atoms with Gasteiger partial charge in [0.15, 0.2) is 0 Å². The average Bonchev–Trinajstić information content (AvgIpc) is 2.68. The molecule has 2 unspecified atom stereocenters. The van der Waals surface area contributed by atoms with Gasteiger partial charge in [0.25, 0.3) is 0 Å². The van der Waals surface area contributed by atoms with Crippen molar-refractivity contribution >= 4 is 21.8 Å². The third kappa shape index (κ3) is 2.39. The van der Waals surface area contributed by atoms with Crippen molar-refractivity contribution in [3.63, 3.8) is 0 Å². The molecule has 2 aliphatic rings. The van der Waals surface area contributed by atoms with Crippen LogP contribution in [0.2, 0.25) is 0 Å². The van der Waals surface area contributed by atoms with Crippen LogP contribution in [0.4, 0.5) is 0 Å². The van der Waals surface area contributed by atoms with E-state index in [-0.39, 0.29) is 0 Å². The lowest BCUT2D eigenvalue weighted by atomic mass is 9.84. The summed E-state index contributed by atoms with van der Waals surface area (Å²) in [6.07, 6.45) is 2.76. The van der Waals surface area contributed by atoms with Gasteiger partial charge in [0, 0.05) is 19.5 Å². The Morgan fingerprint density at radius 2 is 2.25 bits per heavy atom. The van der Waals surface area contributed by atoms with Crippen LogP contribution in [0.1, 0.15) is 30.7 Å². The number of carbonyl (C=O) groups excluding carboxylic acids is 1. The number of amides is 1. The molecule has 2 aliphatic heterocycles. The lowest BCUT2D eigenvalue weighted by Crippen LogP contribution is -2.54. The molecule has 0 saturated carbocycles. The molecule has 0 bridgehead atoms. The molecular weight excluding hydrogens is 320 g/mol. The summed E-state index contributed by atoms with van der Waals surface area (Å²) in [5.74, 6) is 0.897. The van der Waals surface area contributed by atoms with Crippen molar-refractivity contribution in [2.75, 3.05) is 13.1 Å². The van der Waals surface area contributed by atoms with Gasteiger partial charge in [-0.1, -0.05) is 0 Å². The zero-order valence-electron chi connectivity index (χ0n) is 12.0. The minimum Gasteiger partial charge on any atom is -0.333 e. The molecule has 3 rings (SSSR count). The van der Waals surface area contributed by atoms with E-state index in [0.29, 0.717) is 30.8 Å². The highest BCUT2D eigenvalue weighted by Gasteiger charge is 2.37. The molecule has 2 saturated heterocycles. The van der Waals surface area contributed by atoms with Gasteiger partial charge in [-0.2, -0.15) is 5.10 Å². The van der Waals surface area contributed by atoms with E-state index in [4.69, 9.17) is 0 Å². The van der Waals surface area contributed by atoms with Crippen molar-refractivity contribution in [1.82, 2.24) is 20.0 Å². The van der Waals surface area contributed by atoms with Crippen LogP contribution in [0.25, 0.3) is 0 Å². The highest BCUT2D eigenvalue weighted by atomic mass is 79.9. The highest BCUT2D eigenvalue weighted by Crippen LogP contribution is 2.31. The van der Waals surface area contributed by atoms with Gasteiger partial charge in [0.1, 0.15) is 0 Å². The van der Waals surface area contributed by atoms with E-state index in [1.165, 1.54) is 0 Å². The van der Waals surface area contributed by atoms with Crippen molar-refractivity contribution in [1.29, 1.82) is 0 Å². The molecule has 1 aromatic rings. The van der Waals surface area contributed by atoms with Crippen molar-refractivity contribution in [2.45, 2.75) is 38.8 Å². The van der Waals surface area contributed by atoms with Crippen LogP contribution in [0.3, 0.4) is 0 Å². The van der Waals surface area contributed by atoms with Gasteiger partial charge in [0.2, 0.25) is 5.91 Å². The monoisotopic (exact) mass is 340 g/mol. The number of nitrogens with one attached hydrogen (secondary N) is 1. The Balaban J connectivity index is 1.85. The molecule has 1 amide bonds. The first-order chi connectivity index (χ1) is 9.58. The standard InChI is InChI=1S/C14H21BrN4O/c1-9-14(15)12(18(2)17-9)8-19-11-5-6-16-7-10(11)3-4-13(19)20/h10-11,16H,3-8H2,1-2H3. The SMILES string of the molecule is Cc1nn(C)c(CN2C(=O)CCC3CNCCC32)c1Br. The maximum Gasteiger partial charge on any atom is 0.223 e. The third-order valence-corrected chi connectivity index (χ3v) is 5.63. The summed E-state index contributed by atoms with van der Waals surface area (Å²) in [6, 6.07) is 0.389. The minimum atomic E-state index is 0.291. The smallest absolute Gasteiger partial charge is 0.223 e. The maximum atomic E-state index is 12.3. The first kappa shape index (κ1) is 14.1. The maximum absolute atomic E-state index is 12.3. The van der Waals surface area contributed by atoms with Gasteiger partial charge in [-0.25, -0.2) is 0 Å². The van der Waals surface area contributed by atoms with Crippen LogP contribution in [-0.2, 0) is 18.4 Å². The van der Waals surface area contributed by atoms with Crippen molar-refractivity contribution < 1.29 is 4.79 Å². The average molecular weight is 341 g/mol.